The van der Waals surface area contributed by atoms with E-state index in [0.29, 0.717) is 11.4 Å². The molecule has 138 valence electrons. The highest BCUT2D eigenvalue weighted by atomic mass is 16.6. The molecule has 1 amide bonds. The first-order valence-electron chi connectivity index (χ1n) is 7.77. The number of anilines is 2. The summed E-state index contributed by atoms with van der Waals surface area (Å²) in [6.45, 7) is 3.18. The van der Waals surface area contributed by atoms with Crippen LogP contribution in [0.15, 0.2) is 36.7 Å². The highest BCUT2D eigenvalue weighted by molar-refractivity contribution is 5.90. The van der Waals surface area contributed by atoms with Crippen molar-refractivity contribution in [2.75, 3.05) is 17.2 Å². The van der Waals surface area contributed by atoms with Crippen molar-refractivity contribution in [2.45, 2.75) is 25.8 Å². The van der Waals surface area contributed by atoms with Gasteiger partial charge in [0.05, 0.1) is 16.8 Å². The third kappa shape index (κ3) is 4.35. The molecule has 2 rings (SSSR count). The number of amides is 1. The Morgan fingerprint density at radius 3 is 2.69 bits per heavy atom. The highest BCUT2D eigenvalue weighted by Crippen LogP contribution is 2.23. The molecule has 0 aliphatic heterocycles. The van der Waals surface area contributed by atoms with Crippen molar-refractivity contribution in [3.8, 4) is 0 Å². The van der Waals surface area contributed by atoms with Crippen molar-refractivity contribution in [2.24, 2.45) is 0 Å². The number of hydrogen-bond acceptors (Lipinski definition) is 6. The Labute approximate surface area is 149 Å². The summed E-state index contributed by atoms with van der Waals surface area (Å²) in [7, 11) is 0. The van der Waals surface area contributed by atoms with Gasteiger partial charge in [-0.05, 0) is 19.9 Å². The molecule has 0 radical (unpaired) electrons. The van der Waals surface area contributed by atoms with Gasteiger partial charge >= 0.3 is 5.97 Å². The van der Waals surface area contributed by atoms with Crippen molar-refractivity contribution in [1.82, 2.24) is 9.78 Å². The number of nitrogens with zero attached hydrogens (tertiary/aromatic N) is 3. The zero-order chi connectivity index (χ0) is 19.3. The Bertz CT molecular complexity index is 830. The Hall–Kier alpha value is -3.43. The number of carbonyl (C=O) groups excluding carboxylic acids is 1. The van der Waals surface area contributed by atoms with Gasteiger partial charge in [0.2, 0.25) is 5.91 Å². The molecule has 3 N–H and O–H groups in total. The first kappa shape index (κ1) is 18.9. The second kappa shape index (κ2) is 7.64. The molecule has 0 unspecified atom stereocenters. The van der Waals surface area contributed by atoms with Crippen LogP contribution in [0.5, 0.6) is 0 Å². The standard InChI is InChI=1S/C16H19N5O5/c1-16(2,15(23)24)20-10-11(9-18-20)19-14(22)7-8-17-12-5-3-4-6-13(12)21(25)26/h3-6,9-10,17H,7-8H2,1-2H3,(H,19,22)(H,23,24). The lowest BCUT2D eigenvalue weighted by atomic mass is 10.1. The van der Waals surface area contributed by atoms with E-state index in [1.165, 1.54) is 37.0 Å². The van der Waals surface area contributed by atoms with E-state index >= 15 is 0 Å². The minimum atomic E-state index is -1.24. The summed E-state index contributed by atoms with van der Waals surface area (Å²) in [5, 5.41) is 29.5. The molecule has 10 nitrogen and oxygen atoms in total. The molecule has 0 spiro atoms. The largest absolute Gasteiger partial charge is 0.479 e. The molecular formula is C16H19N5O5. The van der Waals surface area contributed by atoms with Gasteiger partial charge in [0, 0.05) is 25.2 Å². The zero-order valence-corrected chi connectivity index (χ0v) is 14.3. The van der Waals surface area contributed by atoms with Crippen LogP contribution in [-0.2, 0) is 15.1 Å². The average Bonchev–Trinajstić information content (AvgIpc) is 3.04. The molecule has 1 heterocycles. The Balaban J connectivity index is 1.90. The van der Waals surface area contributed by atoms with Gasteiger partial charge in [-0.2, -0.15) is 5.10 Å². The van der Waals surface area contributed by atoms with Crippen LogP contribution in [0.25, 0.3) is 0 Å². The Kier molecular flexibility index (Phi) is 5.55. The Morgan fingerprint density at radius 1 is 1.35 bits per heavy atom. The fourth-order valence-corrected chi connectivity index (χ4v) is 2.11. The molecule has 0 bridgehead atoms. The van der Waals surface area contributed by atoms with Crippen LogP contribution < -0.4 is 10.6 Å². The summed E-state index contributed by atoms with van der Waals surface area (Å²) in [5.41, 5.74) is -0.599. The van der Waals surface area contributed by atoms with Crippen molar-refractivity contribution < 1.29 is 19.6 Å². The summed E-state index contributed by atoms with van der Waals surface area (Å²) < 4.78 is 1.25. The molecule has 0 fully saturated rings. The molecule has 0 aliphatic carbocycles. The fraction of sp³-hybridized carbons (Fsp3) is 0.312. The number of aliphatic carboxylic acids is 1. The number of nitrogens with one attached hydrogen (secondary N) is 2. The number of carboxylic acid groups (broad SMARTS) is 1. The maximum Gasteiger partial charge on any atom is 0.331 e. The zero-order valence-electron chi connectivity index (χ0n) is 14.3. The number of hydrogen-bond donors (Lipinski definition) is 3. The summed E-state index contributed by atoms with van der Waals surface area (Å²) in [5.74, 6) is -1.38. The first-order chi connectivity index (χ1) is 12.2. The number of carbonyl (C=O) groups is 2. The molecular weight excluding hydrogens is 342 g/mol. The third-order valence-electron chi connectivity index (χ3n) is 3.73. The van der Waals surface area contributed by atoms with E-state index in [1.54, 1.807) is 18.2 Å². The monoisotopic (exact) mass is 361 g/mol. The van der Waals surface area contributed by atoms with E-state index in [4.69, 9.17) is 5.11 Å². The number of nitro benzene ring substituents is 1. The number of aromatic nitrogens is 2. The number of rotatable bonds is 8. The van der Waals surface area contributed by atoms with Crippen molar-refractivity contribution in [3.63, 3.8) is 0 Å². The maximum absolute atomic E-state index is 12.0. The van der Waals surface area contributed by atoms with Gasteiger partial charge in [0.1, 0.15) is 5.69 Å². The predicted molar refractivity (Wildman–Crippen MR) is 94.0 cm³/mol. The van der Waals surface area contributed by atoms with Crippen LogP contribution in [0.2, 0.25) is 0 Å². The lowest BCUT2D eigenvalue weighted by Gasteiger charge is -2.19. The van der Waals surface area contributed by atoms with E-state index in [-0.39, 0.29) is 24.6 Å². The van der Waals surface area contributed by atoms with Crippen molar-refractivity contribution in [3.05, 3.63) is 46.8 Å². The van der Waals surface area contributed by atoms with E-state index in [9.17, 15) is 19.7 Å². The number of nitro groups is 1. The molecule has 0 saturated carbocycles. The van der Waals surface area contributed by atoms with Gasteiger partial charge in [-0.15, -0.1) is 0 Å². The van der Waals surface area contributed by atoms with Crippen LogP contribution in [0.4, 0.5) is 17.1 Å². The quantitative estimate of drug-likeness (QED) is 0.483. The summed E-state index contributed by atoms with van der Waals surface area (Å²) in [6.07, 6.45) is 2.86. The average molecular weight is 361 g/mol. The van der Waals surface area contributed by atoms with E-state index < -0.39 is 16.4 Å². The van der Waals surface area contributed by atoms with Crippen molar-refractivity contribution in [1.29, 1.82) is 0 Å². The smallest absolute Gasteiger partial charge is 0.331 e. The first-order valence-corrected chi connectivity index (χ1v) is 7.77. The van der Waals surface area contributed by atoms with Crippen molar-refractivity contribution >= 4 is 28.9 Å². The molecule has 1 aromatic heterocycles. The number of carboxylic acids is 1. The van der Waals surface area contributed by atoms with Gasteiger partial charge in [-0.3, -0.25) is 19.6 Å². The van der Waals surface area contributed by atoms with Crippen LogP contribution in [0, 0.1) is 10.1 Å². The molecule has 10 heteroatoms. The molecule has 0 aliphatic rings. The molecule has 2 aromatic rings. The molecule has 1 aromatic carbocycles. The van der Waals surface area contributed by atoms with E-state index in [2.05, 4.69) is 15.7 Å². The van der Waals surface area contributed by atoms with Gasteiger partial charge in [-0.25, -0.2) is 4.79 Å². The van der Waals surface area contributed by atoms with Crippen LogP contribution >= 0.6 is 0 Å². The highest BCUT2D eigenvalue weighted by Gasteiger charge is 2.30. The van der Waals surface area contributed by atoms with Gasteiger partial charge < -0.3 is 15.7 Å². The van der Waals surface area contributed by atoms with Gasteiger partial charge in [0.25, 0.3) is 5.69 Å². The second-order valence-electron chi connectivity index (χ2n) is 6.04. The second-order valence-corrected chi connectivity index (χ2v) is 6.04. The Morgan fingerprint density at radius 2 is 2.04 bits per heavy atom. The molecule has 26 heavy (non-hydrogen) atoms. The summed E-state index contributed by atoms with van der Waals surface area (Å²) in [4.78, 5) is 33.6. The SMILES string of the molecule is CC(C)(C(=O)O)n1cc(NC(=O)CCNc2ccccc2[N+](=O)[O-])cn1. The summed E-state index contributed by atoms with van der Waals surface area (Å²) >= 11 is 0. The number of para-hydroxylation sites is 2. The van der Waals surface area contributed by atoms with Gasteiger partial charge in [-0.1, -0.05) is 12.1 Å². The molecule has 0 atom stereocenters. The minimum absolute atomic E-state index is 0.0647. The third-order valence-corrected chi connectivity index (χ3v) is 3.73. The lowest BCUT2D eigenvalue weighted by Crippen LogP contribution is -2.35. The fourth-order valence-electron chi connectivity index (χ4n) is 2.11. The predicted octanol–water partition coefficient (Wildman–Crippen LogP) is 2.05. The molecule has 0 saturated heterocycles. The normalized spacial score (nSPS) is 11.0. The van der Waals surface area contributed by atoms with Crippen LogP contribution in [-0.4, -0.2) is 38.2 Å². The van der Waals surface area contributed by atoms with E-state index in [0.717, 1.165) is 0 Å². The lowest BCUT2D eigenvalue weighted by molar-refractivity contribution is -0.384. The topological polar surface area (TPSA) is 139 Å². The van der Waals surface area contributed by atoms with Crippen LogP contribution in [0.3, 0.4) is 0 Å². The van der Waals surface area contributed by atoms with E-state index in [1.807, 2.05) is 0 Å². The minimum Gasteiger partial charge on any atom is -0.479 e. The maximum atomic E-state index is 12.0. The van der Waals surface area contributed by atoms with Gasteiger partial charge in [0.15, 0.2) is 5.54 Å². The van der Waals surface area contributed by atoms with Crippen LogP contribution in [0.1, 0.15) is 20.3 Å². The number of benzene rings is 1. The summed E-state index contributed by atoms with van der Waals surface area (Å²) in [6, 6.07) is 6.16.